The van der Waals surface area contributed by atoms with Gasteiger partial charge in [-0.15, -0.1) is 0 Å². The number of pyridine rings is 1. The van der Waals surface area contributed by atoms with E-state index in [9.17, 15) is 9.59 Å². The summed E-state index contributed by atoms with van der Waals surface area (Å²) in [6.07, 6.45) is 4.80. The van der Waals surface area contributed by atoms with Crippen LogP contribution in [-0.2, 0) is 16.0 Å². The number of rotatable bonds is 4. The minimum atomic E-state index is -0.296. The molecule has 146 valence electrons. The molecule has 2 aliphatic rings. The molecule has 2 saturated heterocycles. The largest absolute Gasteiger partial charge is 0.333 e. The Morgan fingerprint density at radius 3 is 2.79 bits per heavy atom. The molecule has 28 heavy (non-hydrogen) atoms. The Balaban J connectivity index is 1.50. The quantitative estimate of drug-likeness (QED) is 0.886. The van der Waals surface area contributed by atoms with Crippen molar-refractivity contribution in [3.8, 4) is 0 Å². The number of anilines is 1. The number of aromatic nitrogens is 1. The number of piperazine rings is 1. The summed E-state index contributed by atoms with van der Waals surface area (Å²) in [5, 5.41) is 3.36. The number of nitrogens with one attached hydrogen (secondary N) is 1. The summed E-state index contributed by atoms with van der Waals surface area (Å²) in [5.41, 5.74) is 3.14. The number of amides is 2. The topological polar surface area (TPSA) is 65.5 Å². The van der Waals surface area contributed by atoms with E-state index in [2.05, 4.69) is 17.2 Å². The van der Waals surface area contributed by atoms with Crippen molar-refractivity contribution in [1.29, 1.82) is 0 Å². The van der Waals surface area contributed by atoms with E-state index in [0.717, 1.165) is 24.2 Å². The molecule has 2 atom stereocenters. The molecule has 1 aromatic carbocycles. The van der Waals surface area contributed by atoms with Crippen LogP contribution in [0, 0.1) is 5.92 Å². The van der Waals surface area contributed by atoms with Gasteiger partial charge in [0.25, 0.3) is 0 Å². The smallest absolute Gasteiger partial charge is 0.228 e. The molecule has 2 aliphatic heterocycles. The minimum Gasteiger partial charge on any atom is -0.333 e. The van der Waals surface area contributed by atoms with Crippen LogP contribution in [0.25, 0.3) is 0 Å². The lowest BCUT2D eigenvalue weighted by atomic mass is 10.0. The van der Waals surface area contributed by atoms with E-state index < -0.39 is 0 Å². The lowest BCUT2D eigenvalue weighted by molar-refractivity contribution is -0.139. The van der Waals surface area contributed by atoms with Crippen LogP contribution >= 0.6 is 0 Å². The highest BCUT2D eigenvalue weighted by Gasteiger charge is 2.39. The summed E-state index contributed by atoms with van der Waals surface area (Å²) >= 11 is 0. The summed E-state index contributed by atoms with van der Waals surface area (Å²) in [4.78, 5) is 33.8. The molecule has 4 rings (SSSR count). The average Bonchev–Trinajstić information content (AvgIpc) is 3.15. The van der Waals surface area contributed by atoms with Crippen LogP contribution in [0.1, 0.15) is 30.5 Å². The first kappa shape index (κ1) is 18.6. The molecule has 1 aromatic heterocycles. The first-order valence-corrected chi connectivity index (χ1v) is 9.97. The van der Waals surface area contributed by atoms with Crippen molar-refractivity contribution >= 4 is 17.5 Å². The van der Waals surface area contributed by atoms with Crippen LogP contribution in [0.15, 0.2) is 48.8 Å². The van der Waals surface area contributed by atoms with E-state index in [1.807, 2.05) is 47.5 Å². The van der Waals surface area contributed by atoms with Crippen molar-refractivity contribution < 1.29 is 9.59 Å². The predicted octanol–water partition coefficient (Wildman–Crippen LogP) is 2.17. The van der Waals surface area contributed by atoms with Gasteiger partial charge in [-0.3, -0.25) is 14.6 Å². The van der Waals surface area contributed by atoms with Crippen molar-refractivity contribution in [3.63, 3.8) is 0 Å². The molecular weight excluding hydrogens is 352 g/mol. The zero-order valence-electron chi connectivity index (χ0n) is 16.2. The van der Waals surface area contributed by atoms with Crippen LogP contribution in [0.4, 0.5) is 5.69 Å². The fourth-order valence-corrected chi connectivity index (χ4v) is 4.11. The Labute approximate surface area is 165 Å². The number of aryl methyl sites for hydroxylation is 1. The van der Waals surface area contributed by atoms with Gasteiger partial charge in [0, 0.05) is 50.7 Å². The Morgan fingerprint density at radius 2 is 2.07 bits per heavy atom. The zero-order valence-corrected chi connectivity index (χ0v) is 16.2. The Hall–Kier alpha value is -2.73. The Bertz CT molecular complexity index is 837. The number of nitrogens with zero attached hydrogens (tertiary/aromatic N) is 3. The Kier molecular flexibility index (Phi) is 5.39. The van der Waals surface area contributed by atoms with Gasteiger partial charge in [0.2, 0.25) is 11.8 Å². The second-order valence-electron chi connectivity index (χ2n) is 7.46. The summed E-state index contributed by atoms with van der Waals surface area (Å²) in [6.45, 7) is 4.68. The maximum atomic E-state index is 13.3. The van der Waals surface area contributed by atoms with Gasteiger partial charge in [-0.1, -0.05) is 25.1 Å². The lowest BCUT2D eigenvalue weighted by Crippen LogP contribution is -2.50. The molecule has 0 radical (unpaired) electrons. The highest BCUT2D eigenvalue weighted by molar-refractivity contribution is 6.00. The van der Waals surface area contributed by atoms with Crippen LogP contribution in [-0.4, -0.2) is 47.9 Å². The average molecular weight is 378 g/mol. The fourth-order valence-electron chi connectivity index (χ4n) is 4.11. The van der Waals surface area contributed by atoms with Gasteiger partial charge in [0.15, 0.2) is 0 Å². The molecule has 2 fully saturated rings. The number of hydrogen-bond donors (Lipinski definition) is 1. The first-order chi connectivity index (χ1) is 13.7. The van der Waals surface area contributed by atoms with Crippen molar-refractivity contribution in [2.75, 3.05) is 31.1 Å². The molecule has 6 nitrogen and oxygen atoms in total. The molecule has 3 heterocycles. The Morgan fingerprint density at radius 1 is 1.25 bits per heavy atom. The third-order valence-corrected chi connectivity index (χ3v) is 5.73. The van der Waals surface area contributed by atoms with Gasteiger partial charge in [-0.05, 0) is 35.7 Å². The zero-order chi connectivity index (χ0) is 19.5. The van der Waals surface area contributed by atoms with Gasteiger partial charge in [0.05, 0.1) is 12.0 Å². The maximum absolute atomic E-state index is 13.3. The van der Waals surface area contributed by atoms with Crippen LogP contribution in [0.5, 0.6) is 0 Å². The number of carbonyl (C=O) groups is 2. The van der Waals surface area contributed by atoms with Crippen molar-refractivity contribution in [1.82, 2.24) is 15.2 Å². The highest BCUT2D eigenvalue weighted by Crippen LogP contribution is 2.30. The molecule has 0 saturated carbocycles. The molecule has 0 spiro atoms. The first-order valence-electron chi connectivity index (χ1n) is 9.97. The molecular formula is C22H26N4O2. The second kappa shape index (κ2) is 8.10. The maximum Gasteiger partial charge on any atom is 0.228 e. The van der Waals surface area contributed by atoms with Crippen LogP contribution < -0.4 is 10.2 Å². The van der Waals surface area contributed by atoms with E-state index in [-0.39, 0.29) is 30.2 Å². The van der Waals surface area contributed by atoms with E-state index >= 15 is 0 Å². The summed E-state index contributed by atoms with van der Waals surface area (Å²) in [7, 11) is 0. The normalized spacial score (nSPS) is 22.5. The second-order valence-corrected chi connectivity index (χ2v) is 7.46. The fraction of sp³-hybridized carbons (Fsp3) is 0.409. The number of hydrogen-bond acceptors (Lipinski definition) is 4. The highest BCUT2D eigenvalue weighted by atomic mass is 16.2. The SMILES string of the molecule is CCc1ccc(N2CC(C(=O)N3CCNCC3c3cccnc3)CC2=O)cc1. The van der Waals surface area contributed by atoms with Gasteiger partial charge in [-0.2, -0.15) is 0 Å². The van der Waals surface area contributed by atoms with E-state index in [4.69, 9.17) is 0 Å². The number of benzene rings is 1. The molecule has 2 unspecified atom stereocenters. The van der Waals surface area contributed by atoms with Gasteiger partial charge < -0.3 is 15.1 Å². The van der Waals surface area contributed by atoms with Crippen molar-refractivity contribution in [2.24, 2.45) is 5.92 Å². The van der Waals surface area contributed by atoms with Crippen molar-refractivity contribution in [3.05, 3.63) is 59.9 Å². The molecule has 1 N–H and O–H groups in total. The minimum absolute atomic E-state index is 0.0238. The molecule has 2 aromatic rings. The number of carbonyl (C=O) groups excluding carboxylic acids is 2. The van der Waals surface area contributed by atoms with Crippen LogP contribution in [0.2, 0.25) is 0 Å². The third-order valence-electron chi connectivity index (χ3n) is 5.73. The predicted molar refractivity (Wildman–Crippen MR) is 108 cm³/mol. The van der Waals surface area contributed by atoms with Gasteiger partial charge >= 0.3 is 0 Å². The summed E-state index contributed by atoms with van der Waals surface area (Å²) < 4.78 is 0. The summed E-state index contributed by atoms with van der Waals surface area (Å²) in [5.74, 6) is -0.206. The van der Waals surface area contributed by atoms with E-state index in [1.54, 1.807) is 11.1 Å². The lowest BCUT2D eigenvalue weighted by Gasteiger charge is -2.37. The monoisotopic (exact) mass is 378 g/mol. The molecule has 6 heteroatoms. The van der Waals surface area contributed by atoms with Gasteiger partial charge in [-0.25, -0.2) is 0 Å². The third kappa shape index (κ3) is 3.64. The van der Waals surface area contributed by atoms with Crippen molar-refractivity contribution in [2.45, 2.75) is 25.8 Å². The summed E-state index contributed by atoms with van der Waals surface area (Å²) in [6, 6.07) is 11.9. The molecule has 0 bridgehead atoms. The molecule has 0 aliphatic carbocycles. The van der Waals surface area contributed by atoms with Gasteiger partial charge in [0.1, 0.15) is 0 Å². The van der Waals surface area contributed by atoms with Crippen LogP contribution in [0.3, 0.4) is 0 Å². The van der Waals surface area contributed by atoms with E-state index in [1.165, 1.54) is 5.56 Å². The molecule has 2 amide bonds. The standard InChI is InChI=1S/C22H26N4O2/c1-2-16-5-7-19(8-6-16)26-15-18(12-21(26)27)22(28)25-11-10-24-14-20(25)17-4-3-9-23-13-17/h3-9,13,18,20,24H,2,10-12,14-15H2,1H3. The van der Waals surface area contributed by atoms with E-state index in [0.29, 0.717) is 19.6 Å².